The average Bonchev–Trinajstić information content (AvgIpc) is 2.82. The van der Waals surface area contributed by atoms with Crippen LogP contribution in [-0.2, 0) is 0 Å². The molecule has 0 radical (unpaired) electrons. The molecule has 0 unspecified atom stereocenters. The SMILES string of the molecule is NC1CCN(C(=O)c2cc3ccccc3s2)CC1. The van der Waals surface area contributed by atoms with E-state index >= 15 is 0 Å². The second-order valence-corrected chi connectivity index (χ2v) is 5.86. The lowest BCUT2D eigenvalue weighted by molar-refractivity contribution is 0.0720. The molecule has 1 aromatic carbocycles. The second-order valence-electron chi connectivity index (χ2n) is 4.78. The maximum absolute atomic E-state index is 12.4. The van der Waals surface area contributed by atoms with Crippen molar-refractivity contribution in [1.29, 1.82) is 0 Å². The van der Waals surface area contributed by atoms with Gasteiger partial charge in [-0.05, 0) is 30.4 Å². The van der Waals surface area contributed by atoms with Gasteiger partial charge >= 0.3 is 0 Å². The number of nitrogens with two attached hydrogens (primary N) is 1. The number of nitrogens with zero attached hydrogens (tertiary/aromatic N) is 1. The largest absolute Gasteiger partial charge is 0.338 e. The lowest BCUT2D eigenvalue weighted by Crippen LogP contribution is -2.42. The van der Waals surface area contributed by atoms with Crippen LogP contribution >= 0.6 is 11.3 Å². The van der Waals surface area contributed by atoms with Crippen LogP contribution in [-0.4, -0.2) is 29.9 Å². The standard InChI is InChI=1S/C14H16N2OS/c15-11-5-7-16(8-6-11)14(17)13-9-10-3-1-2-4-12(10)18-13/h1-4,9,11H,5-8,15H2. The first kappa shape index (κ1) is 11.7. The van der Waals surface area contributed by atoms with E-state index in [4.69, 9.17) is 5.73 Å². The monoisotopic (exact) mass is 260 g/mol. The van der Waals surface area contributed by atoms with E-state index in [2.05, 4.69) is 12.1 Å². The molecule has 0 aliphatic carbocycles. The Hall–Kier alpha value is -1.39. The van der Waals surface area contributed by atoms with Crippen molar-refractivity contribution < 1.29 is 4.79 Å². The summed E-state index contributed by atoms with van der Waals surface area (Å²) < 4.78 is 1.18. The minimum atomic E-state index is 0.156. The number of hydrogen-bond donors (Lipinski definition) is 1. The second kappa shape index (κ2) is 4.71. The van der Waals surface area contributed by atoms with E-state index in [-0.39, 0.29) is 11.9 Å². The Kier molecular flexibility index (Phi) is 3.06. The highest BCUT2D eigenvalue weighted by Gasteiger charge is 2.22. The Labute approximate surface area is 110 Å². The first-order valence-corrected chi connectivity index (χ1v) is 7.09. The molecule has 18 heavy (non-hydrogen) atoms. The zero-order valence-corrected chi connectivity index (χ0v) is 11.0. The van der Waals surface area contributed by atoms with Crippen LogP contribution in [0, 0.1) is 0 Å². The van der Waals surface area contributed by atoms with Crippen LogP contribution in [0.25, 0.3) is 10.1 Å². The summed E-state index contributed by atoms with van der Waals surface area (Å²) in [7, 11) is 0. The maximum Gasteiger partial charge on any atom is 0.263 e. The summed E-state index contributed by atoms with van der Waals surface area (Å²) in [6, 6.07) is 10.4. The summed E-state index contributed by atoms with van der Waals surface area (Å²) in [5, 5.41) is 1.15. The molecule has 1 saturated heterocycles. The highest BCUT2D eigenvalue weighted by molar-refractivity contribution is 7.20. The first-order valence-electron chi connectivity index (χ1n) is 6.27. The molecule has 1 aromatic heterocycles. The van der Waals surface area contributed by atoms with Crippen molar-refractivity contribution in [1.82, 2.24) is 4.90 Å². The number of likely N-dealkylation sites (tertiary alicyclic amines) is 1. The third kappa shape index (κ3) is 2.13. The fourth-order valence-corrected chi connectivity index (χ4v) is 3.38. The van der Waals surface area contributed by atoms with Gasteiger partial charge in [-0.1, -0.05) is 18.2 Å². The molecule has 0 bridgehead atoms. The van der Waals surface area contributed by atoms with Crippen LogP contribution in [0.5, 0.6) is 0 Å². The Balaban J connectivity index is 1.83. The average molecular weight is 260 g/mol. The highest BCUT2D eigenvalue weighted by atomic mass is 32.1. The fourth-order valence-electron chi connectivity index (χ4n) is 2.35. The van der Waals surface area contributed by atoms with Gasteiger partial charge in [-0.25, -0.2) is 0 Å². The van der Waals surface area contributed by atoms with E-state index < -0.39 is 0 Å². The van der Waals surface area contributed by atoms with E-state index in [9.17, 15) is 4.79 Å². The molecule has 1 amide bonds. The molecule has 1 aliphatic heterocycles. The Morgan fingerprint density at radius 3 is 2.72 bits per heavy atom. The molecule has 2 N–H and O–H groups in total. The van der Waals surface area contributed by atoms with Gasteiger partial charge in [0.05, 0.1) is 4.88 Å². The minimum absolute atomic E-state index is 0.156. The molecule has 2 heterocycles. The van der Waals surface area contributed by atoms with Crippen LogP contribution in [0.1, 0.15) is 22.5 Å². The van der Waals surface area contributed by atoms with Gasteiger partial charge in [-0.15, -0.1) is 11.3 Å². The van der Waals surface area contributed by atoms with Gasteiger partial charge in [-0.2, -0.15) is 0 Å². The predicted molar refractivity (Wildman–Crippen MR) is 74.9 cm³/mol. The quantitative estimate of drug-likeness (QED) is 0.856. The minimum Gasteiger partial charge on any atom is -0.338 e. The zero-order valence-electron chi connectivity index (χ0n) is 10.1. The Bertz CT molecular complexity index is 537. The van der Waals surface area contributed by atoms with E-state index in [0.29, 0.717) is 0 Å². The lowest BCUT2D eigenvalue weighted by Gasteiger charge is -2.29. The number of amides is 1. The van der Waals surface area contributed by atoms with E-state index in [1.165, 1.54) is 4.70 Å². The number of carbonyl (C=O) groups excluding carboxylic acids is 1. The molecule has 3 rings (SSSR count). The number of benzene rings is 1. The smallest absolute Gasteiger partial charge is 0.263 e. The number of carbonyl (C=O) groups is 1. The molecular weight excluding hydrogens is 244 g/mol. The van der Waals surface area contributed by atoms with Crippen LogP contribution < -0.4 is 5.73 Å². The Morgan fingerprint density at radius 1 is 1.28 bits per heavy atom. The maximum atomic E-state index is 12.4. The number of hydrogen-bond acceptors (Lipinski definition) is 3. The number of fused-ring (bicyclic) bond motifs is 1. The highest BCUT2D eigenvalue weighted by Crippen LogP contribution is 2.27. The third-order valence-corrected chi connectivity index (χ3v) is 4.57. The summed E-state index contributed by atoms with van der Waals surface area (Å²) in [5.74, 6) is 0.156. The molecule has 1 aliphatic rings. The van der Waals surface area contributed by atoms with Gasteiger partial charge in [0.2, 0.25) is 0 Å². The van der Waals surface area contributed by atoms with Crippen LogP contribution in [0.2, 0.25) is 0 Å². The van der Waals surface area contributed by atoms with Crippen molar-refractivity contribution in [2.75, 3.05) is 13.1 Å². The van der Waals surface area contributed by atoms with Crippen molar-refractivity contribution in [2.24, 2.45) is 5.73 Å². The predicted octanol–water partition coefficient (Wildman–Crippen LogP) is 2.46. The van der Waals surface area contributed by atoms with Crippen molar-refractivity contribution in [2.45, 2.75) is 18.9 Å². The summed E-state index contributed by atoms with van der Waals surface area (Å²) in [6.45, 7) is 1.57. The van der Waals surface area contributed by atoms with E-state index in [0.717, 1.165) is 36.2 Å². The van der Waals surface area contributed by atoms with Gasteiger partial charge in [0, 0.05) is 23.8 Å². The Morgan fingerprint density at radius 2 is 2.00 bits per heavy atom. The molecule has 3 nitrogen and oxygen atoms in total. The van der Waals surface area contributed by atoms with Crippen molar-refractivity contribution >= 4 is 27.3 Å². The topological polar surface area (TPSA) is 46.3 Å². The molecule has 0 saturated carbocycles. The van der Waals surface area contributed by atoms with Gasteiger partial charge in [0.15, 0.2) is 0 Å². The lowest BCUT2D eigenvalue weighted by atomic mass is 10.1. The number of thiophene rings is 1. The summed E-state index contributed by atoms with van der Waals surface area (Å²) in [5.41, 5.74) is 5.86. The van der Waals surface area contributed by atoms with Crippen molar-refractivity contribution in [3.8, 4) is 0 Å². The fraction of sp³-hybridized carbons (Fsp3) is 0.357. The molecular formula is C14H16N2OS. The van der Waals surface area contributed by atoms with E-state index in [1.54, 1.807) is 11.3 Å². The normalized spacial score (nSPS) is 17.3. The van der Waals surface area contributed by atoms with Crippen molar-refractivity contribution in [3.05, 3.63) is 35.2 Å². The molecule has 0 spiro atoms. The third-order valence-electron chi connectivity index (χ3n) is 3.46. The van der Waals surface area contributed by atoms with Gasteiger partial charge in [0.1, 0.15) is 0 Å². The van der Waals surface area contributed by atoms with Crippen LogP contribution in [0.15, 0.2) is 30.3 Å². The first-order chi connectivity index (χ1) is 8.74. The number of piperidine rings is 1. The van der Waals surface area contributed by atoms with Gasteiger partial charge in [-0.3, -0.25) is 4.79 Å². The van der Waals surface area contributed by atoms with Gasteiger partial charge in [0.25, 0.3) is 5.91 Å². The zero-order chi connectivity index (χ0) is 12.5. The van der Waals surface area contributed by atoms with E-state index in [1.807, 2.05) is 23.1 Å². The van der Waals surface area contributed by atoms with Crippen LogP contribution in [0.3, 0.4) is 0 Å². The van der Waals surface area contributed by atoms with Crippen LogP contribution in [0.4, 0.5) is 0 Å². The summed E-state index contributed by atoms with van der Waals surface area (Å²) >= 11 is 1.58. The van der Waals surface area contributed by atoms with Gasteiger partial charge < -0.3 is 10.6 Å². The van der Waals surface area contributed by atoms with Crippen molar-refractivity contribution in [3.63, 3.8) is 0 Å². The number of rotatable bonds is 1. The molecule has 0 atom stereocenters. The summed E-state index contributed by atoms with van der Waals surface area (Å²) in [4.78, 5) is 15.1. The molecule has 2 aromatic rings. The molecule has 94 valence electrons. The summed E-state index contributed by atoms with van der Waals surface area (Å²) in [6.07, 6.45) is 1.83. The molecule has 4 heteroatoms. The molecule has 1 fully saturated rings.